The Morgan fingerprint density at radius 3 is 2.72 bits per heavy atom. The van der Waals surface area contributed by atoms with Crippen LogP contribution in [-0.4, -0.2) is 21.0 Å². The minimum atomic E-state index is -0.278. The van der Waals surface area contributed by atoms with Crippen LogP contribution in [0.15, 0.2) is 67.0 Å². The van der Waals surface area contributed by atoms with Crippen molar-refractivity contribution in [3.8, 4) is 16.3 Å². The van der Waals surface area contributed by atoms with Gasteiger partial charge in [-0.25, -0.2) is 4.98 Å². The molecule has 0 aliphatic heterocycles. The van der Waals surface area contributed by atoms with Crippen LogP contribution in [0.5, 0.6) is 5.75 Å². The van der Waals surface area contributed by atoms with Crippen molar-refractivity contribution in [2.24, 2.45) is 0 Å². The summed E-state index contributed by atoms with van der Waals surface area (Å²) in [6.07, 6.45) is 3.10. The number of pyridine rings is 1. The average Bonchev–Trinajstić information content (AvgIpc) is 3.06. The summed E-state index contributed by atoms with van der Waals surface area (Å²) in [6, 6.07) is 16.2. The minimum Gasteiger partial charge on any atom is -0.507 e. The lowest BCUT2D eigenvalue weighted by molar-refractivity contribution is 0.102. The van der Waals surface area contributed by atoms with Crippen molar-refractivity contribution in [3.63, 3.8) is 0 Å². The number of amides is 1. The van der Waals surface area contributed by atoms with Gasteiger partial charge in [0, 0.05) is 24.1 Å². The number of nitrogens with zero attached hydrogens (tertiary/aromatic N) is 2. The highest BCUT2D eigenvalue weighted by molar-refractivity contribution is 7.21. The van der Waals surface area contributed by atoms with Crippen molar-refractivity contribution < 1.29 is 9.90 Å². The zero-order valence-electron chi connectivity index (χ0n) is 13.0. The van der Waals surface area contributed by atoms with Crippen molar-refractivity contribution in [2.45, 2.75) is 0 Å². The van der Waals surface area contributed by atoms with Gasteiger partial charge in [-0.05, 0) is 36.4 Å². The van der Waals surface area contributed by atoms with Gasteiger partial charge in [-0.15, -0.1) is 11.3 Å². The van der Waals surface area contributed by atoms with Crippen molar-refractivity contribution in [1.82, 2.24) is 9.97 Å². The smallest absolute Gasteiger partial charge is 0.257 e. The number of phenolic OH excluding ortho intramolecular Hbond substituents is 1. The first-order chi connectivity index (χ1) is 12.2. The standard InChI is InChI=1S/C19H13N3O2S/c23-16-10-13(21-18(24)12-4-3-9-20-11-12)7-8-14(16)19-22-15-5-1-2-6-17(15)25-19/h1-11,23H,(H,21,24). The van der Waals surface area contributed by atoms with Crippen LogP contribution in [0.1, 0.15) is 10.4 Å². The topological polar surface area (TPSA) is 75.1 Å². The van der Waals surface area contributed by atoms with Gasteiger partial charge >= 0.3 is 0 Å². The molecule has 0 saturated heterocycles. The summed E-state index contributed by atoms with van der Waals surface area (Å²) in [4.78, 5) is 20.6. The molecule has 2 N–H and O–H groups in total. The summed E-state index contributed by atoms with van der Waals surface area (Å²) in [5, 5.41) is 13.8. The maximum Gasteiger partial charge on any atom is 0.257 e. The molecule has 2 aromatic carbocycles. The zero-order valence-corrected chi connectivity index (χ0v) is 13.8. The summed E-state index contributed by atoms with van der Waals surface area (Å²) in [5.41, 5.74) is 2.50. The largest absolute Gasteiger partial charge is 0.507 e. The second-order valence-electron chi connectivity index (χ2n) is 5.41. The lowest BCUT2D eigenvalue weighted by Crippen LogP contribution is -2.11. The third kappa shape index (κ3) is 3.07. The van der Waals surface area contributed by atoms with E-state index < -0.39 is 0 Å². The van der Waals surface area contributed by atoms with E-state index >= 15 is 0 Å². The van der Waals surface area contributed by atoms with Crippen LogP contribution in [0.3, 0.4) is 0 Å². The average molecular weight is 347 g/mol. The predicted octanol–water partition coefficient (Wildman–Crippen LogP) is 4.32. The fraction of sp³-hybridized carbons (Fsp3) is 0. The lowest BCUT2D eigenvalue weighted by Gasteiger charge is -2.07. The molecule has 4 rings (SSSR count). The van der Waals surface area contributed by atoms with Gasteiger partial charge in [0.2, 0.25) is 0 Å². The number of benzene rings is 2. The van der Waals surface area contributed by atoms with E-state index in [4.69, 9.17) is 0 Å². The molecule has 6 heteroatoms. The Morgan fingerprint density at radius 2 is 1.96 bits per heavy atom. The zero-order chi connectivity index (χ0) is 17.2. The second kappa shape index (κ2) is 6.33. The molecule has 0 fully saturated rings. The van der Waals surface area contributed by atoms with Crippen LogP contribution < -0.4 is 5.32 Å². The monoisotopic (exact) mass is 347 g/mol. The van der Waals surface area contributed by atoms with E-state index in [1.807, 2.05) is 24.3 Å². The molecule has 0 saturated carbocycles. The first-order valence-corrected chi connectivity index (χ1v) is 8.43. The quantitative estimate of drug-likeness (QED) is 0.579. The Hall–Kier alpha value is -3.25. The summed E-state index contributed by atoms with van der Waals surface area (Å²) >= 11 is 1.51. The van der Waals surface area contributed by atoms with E-state index in [1.165, 1.54) is 23.6 Å². The highest BCUT2D eigenvalue weighted by atomic mass is 32.1. The molecule has 1 amide bonds. The van der Waals surface area contributed by atoms with Gasteiger partial charge in [-0.2, -0.15) is 0 Å². The van der Waals surface area contributed by atoms with E-state index in [1.54, 1.807) is 30.5 Å². The van der Waals surface area contributed by atoms with Crippen molar-refractivity contribution in [3.05, 3.63) is 72.6 Å². The molecule has 25 heavy (non-hydrogen) atoms. The molecule has 0 aliphatic rings. The number of nitrogens with one attached hydrogen (secondary N) is 1. The molecule has 0 aliphatic carbocycles. The number of carbonyl (C=O) groups is 1. The van der Waals surface area contributed by atoms with Gasteiger partial charge in [0.1, 0.15) is 10.8 Å². The van der Waals surface area contributed by atoms with Gasteiger partial charge in [-0.1, -0.05) is 12.1 Å². The maximum atomic E-state index is 12.2. The molecular formula is C19H13N3O2S. The number of carbonyl (C=O) groups excluding carboxylic acids is 1. The van der Waals surface area contributed by atoms with E-state index in [0.29, 0.717) is 16.8 Å². The number of aromatic hydroxyl groups is 1. The molecule has 2 aromatic heterocycles. The first-order valence-electron chi connectivity index (χ1n) is 7.61. The van der Waals surface area contributed by atoms with Crippen LogP contribution in [0.4, 0.5) is 5.69 Å². The lowest BCUT2D eigenvalue weighted by atomic mass is 10.1. The molecule has 5 nitrogen and oxygen atoms in total. The minimum absolute atomic E-state index is 0.0723. The van der Waals surface area contributed by atoms with Crippen LogP contribution in [0, 0.1) is 0 Å². The van der Waals surface area contributed by atoms with Gasteiger partial charge < -0.3 is 10.4 Å². The third-order valence-corrected chi connectivity index (χ3v) is 4.77. The summed E-state index contributed by atoms with van der Waals surface area (Å²) in [7, 11) is 0. The second-order valence-corrected chi connectivity index (χ2v) is 6.45. The Bertz CT molecular complexity index is 1030. The van der Waals surface area contributed by atoms with Gasteiger partial charge in [0.15, 0.2) is 0 Å². The van der Waals surface area contributed by atoms with Crippen LogP contribution in [0.25, 0.3) is 20.8 Å². The van der Waals surface area contributed by atoms with Crippen LogP contribution in [0.2, 0.25) is 0 Å². The highest BCUT2D eigenvalue weighted by Crippen LogP contribution is 2.36. The van der Waals surface area contributed by atoms with Gasteiger partial charge in [0.25, 0.3) is 5.91 Å². The molecule has 122 valence electrons. The maximum absolute atomic E-state index is 12.2. The van der Waals surface area contributed by atoms with E-state index in [9.17, 15) is 9.90 Å². The summed E-state index contributed by atoms with van der Waals surface area (Å²) in [5.74, 6) is -0.205. The predicted molar refractivity (Wildman–Crippen MR) is 98.9 cm³/mol. The Kier molecular flexibility index (Phi) is 3.87. The van der Waals surface area contributed by atoms with Crippen molar-refractivity contribution >= 4 is 33.1 Å². The number of anilines is 1. The number of hydrogen-bond donors (Lipinski definition) is 2. The summed E-state index contributed by atoms with van der Waals surface area (Å²) < 4.78 is 1.06. The number of para-hydroxylation sites is 1. The molecule has 2 heterocycles. The molecule has 0 unspecified atom stereocenters. The van der Waals surface area contributed by atoms with Crippen LogP contribution in [-0.2, 0) is 0 Å². The fourth-order valence-corrected chi connectivity index (χ4v) is 3.48. The van der Waals surface area contributed by atoms with Crippen molar-refractivity contribution in [2.75, 3.05) is 5.32 Å². The Labute approximate surface area is 147 Å². The number of fused-ring (bicyclic) bond motifs is 1. The third-order valence-electron chi connectivity index (χ3n) is 3.70. The Morgan fingerprint density at radius 1 is 1.08 bits per heavy atom. The fourth-order valence-electron chi connectivity index (χ4n) is 2.48. The van der Waals surface area contributed by atoms with E-state index in [2.05, 4.69) is 15.3 Å². The van der Waals surface area contributed by atoms with E-state index in [-0.39, 0.29) is 11.7 Å². The molecule has 0 radical (unpaired) electrons. The molecule has 4 aromatic rings. The van der Waals surface area contributed by atoms with Crippen molar-refractivity contribution in [1.29, 1.82) is 0 Å². The highest BCUT2D eigenvalue weighted by Gasteiger charge is 2.12. The number of thiazole rings is 1. The van der Waals surface area contributed by atoms with Gasteiger partial charge in [0.05, 0.1) is 21.3 Å². The molecule has 0 spiro atoms. The number of hydrogen-bond acceptors (Lipinski definition) is 5. The number of rotatable bonds is 3. The normalized spacial score (nSPS) is 10.7. The Balaban J connectivity index is 1.61. The number of aromatic nitrogens is 2. The number of phenols is 1. The van der Waals surface area contributed by atoms with Crippen LogP contribution >= 0.6 is 11.3 Å². The summed E-state index contributed by atoms with van der Waals surface area (Å²) in [6.45, 7) is 0. The molecule has 0 atom stereocenters. The molecular weight excluding hydrogens is 334 g/mol. The first kappa shape index (κ1) is 15.3. The van der Waals surface area contributed by atoms with E-state index in [0.717, 1.165) is 15.2 Å². The van der Waals surface area contributed by atoms with Gasteiger partial charge in [-0.3, -0.25) is 9.78 Å². The molecule has 0 bridgehead atoms. The SMILES string of the molecule is O=C(Nc1ccc(-c2nc3ccccc3s2)c(O)c1)c1cccnc1.